The van der Waals surface area contributed by atoms with E-state index in [4.69, 9.17) is 4.98 Å². The molecule has 0 aliphatic carbocycles. The lowest BCUT2D eigenvalue weighted by atomic mass is 9.89. The largest absolute Gasteiger partial charge is 0.291 e. The molecule has 312 valence electrons. The summed E-state index contributed by atoms with van der Waals surface area (Å²) in [5.74, 6) is 0.938. The maximum atomic E-state index is 5.29. The van der Waals surface area contributed by atoms with Crippen LogP contribution < -0.4 is 0 Å². The Balaban J connectivity index is 1.15. The van der Waals surface area contributed by atoms with Crippen molar-refractivity contribution in [1.29, 1.82) is 0 Å². The van der Waals surface area contributed by atoms with Crippen LogP contribution >= 0.6 is 21.4 Å². The van der Waals surface area contributed by atoms with E-state index in [9.17, 15) is 0 Å². The molecule has 0 N–H and O–H groups in total. The third kappa shape index (κ3) is 5.78. The molecular formula is C62H42N2S2. The van der Waals surface area contributed by atoms with Gasteiger partial charge in [0.2, 0.25) is 0 Å². The molecule has 0 radical (unpaired) electrons. The molecule has 2 heterocycles. The lowest BCUT2D eigenvalue weighted by Crippen LogP contribution is -2.07. The van der Waals surface area contributed by atoms with E-state index in [1.165, 1.54) is 88.8 Å². The summed E-state index contributed by atoms with van der Waals surface area (Å²) in [6.45, 7) is 2.19. The fourth-order valence-corrected chi connectivity index (χ4v) is 15.9. The zero-order chi connectivity index (χ0) is 43.8. The Morgan fingerprint density at radius 1 is 0.409 bits per heavy atom. The molecule has 2 aromatic heterocycles. The Labute approximate surface area is 389 Å². The van der Waals surface area contributed by atoms with Gasteiger partial charge in [0, 0.05) is 50.7 Å². The summed E-state index contributed by atoms with van der Waals surface area (Å²) in [6, 6.07) is 88.0. The average molecular weight is 879 g/mol. The van der Waals surface area contributed by atoms with Gasteiger partial charge in [-0.3, -0.25) is 4.57 Å². The highest BCUT2D eigenvalue weighted by molar-refractivity contribution is 8.34. The van der Waals surface area contributed by atoms with Crippen molar-refractivity contribution in [3.05, 3.63) is 242 Å². The number of benzene rings is 11. The summed E-state index contributed by atoms with van der Waals surface area (Å²) in [5.41, 5.74) is 7.97. The second kappa shape index (κ2) is 15.5. The molecular weight excluding hydrogens is 837 g/mol. The zero-order valence-corrected chi connectivity index (χ0v) is 37.9. The fraction of sp³-hybridized carbons (Fsp3) is 0.0161. The van der Waals surface area contributed by atoms with Gasteiger partial charge in [0.25, 0.3) is 0 Å². The molecule has 0 amide bonds. The van der Waals surface area contributed by atoms with Crippen LogP contribution in [0.1, 0.15) is 5.56 Å². The van der Waals surface area contributed by atoms with Crippen LogP contribution in [0.3, 0.4) is 0 Å². The van der Waals surface area contributed by atoms with Gasteiger partial charge in [-0.1, -0.05) is 176 Å². The van der Waals surface area contributed by atoms with Crippen LogP contribution in [0.5, 0.6) is 0 Å². The number of para-hydroxylation sites is 1. The number of hydrogen-bond donors (Lipinski definition) is 0. The molecule has 13 rings (SSSR count). The van der Waals surface area contributed by atoms with Crippen LogP contribution in [-0.2, 0) is 0 Å². The quantitative estimate of drug-likeness (QED) is 0.146. The molecule has 0 saturated heterocycles. The van der Waals surface area contributed by atoms with Gasteiger partial charge < -0.3 is 0 Å². The van der Waals surface area contributed by atoms with Gasteiger partial charge in [-0.2, -0.15) is 0 Å². The number of aryl methyl sites for hydroxylation is 1. The fourth-order valence-electron chi connectivity index (χ4n) is 10.6. The number of rotatable bonds is 7. The first-order valence-electron chi connectivity index (χ1n) is 22.5. The zero-order valence-electron chi connectivity index (χ0n) is 36.2. The number of thiophene rings is 1. The monoisotopic (exact) mass is 878 g/mol. The molecule has 4 heteroatoms. The van der Waals surface area contributed by atoms with Crippen LogP contribution in [0.25, 0.3) is 91.7 Å². The average Bonchev–Trinajstić information content (AvgIpc) is 3.97. The molecule has 13 aromatic rings. The van der Waals surface area contributed by atoms with Gasteiger partial charge >= 0.3 is 0 Å². The highest BCUT2D eigenvalue weighted by Crippen LogP contribution is 2.76. The molecule has 0 atom stereocenters. The second-order valence-corrected chi connectivity index (χ2v) is 21.2. The van der Waals surface area contributed by atoms with E-state index in [0.717, 1.165) is 28.1 Å². The minimum atomic E-state index is -2.14. The summed E-state index contributed by atoms with van der Waals surface area (Å²) >= 11 is 1.88. The van der Waals surface area contributed by atoms with E-state index < -0.39 is 10.0 Å². The van der Waals surface area contributed by atoms with Crippen molar-refractivity contribution in [2.75, 3.05) is 0 Å². The minimum absolute atomic E-state index is 0.938. The third-order valence-corrected chi connectivity index (χ3v) is 18.5. The van der Waals surface area contributed by atoms with Gasteiger partial charge in [-0.25, -0.2) is 4.98 Å². The molecule has 2 nitrogen and oxygen atoms in total. The number of imidazole rings is 1. The second-order valence-electron chi connectivity index (χ2n) is 17.0. The Hall–Kier alpha value is -7.76. The Bertz CT molecular complexity index is 3900. The summed E-state index contributed by atoms with van der Waals surface area (Å²) in [6.07, 6.45) is 0. The van der Waals surface area contributed by atoms with Gasteiger partial charge in [0.05, 0.1) is 16.7 Å². The first-order chi connectivity index (χ1) is 32.7. The van der Waals surface area contributed by atoms with Gasteiger partial charge in [-0.15, -0.1) is 21.4 Å². The van der Waals surface area contributed by atoms with Crippen LogP contribution in [0.4, 0.5) is 0 Å². The molecule has 66 heavy (non-hydrogen) atoms. The van der Waals surface area contributed by atoms with Gasteiger partial charge in [0.15, 0.2) is 0 Å². The van der Waals surface area contributed by atoms with Crippen molar-refractivity contribution in [3.8, 4) is 28.2 Å². The van der Waals surface area contributed by atoms with Crippen LogP contribution in [0.2, 0.25) is 0 Å². The number of fused-ring (bicyclic) bond motifs is 7. The van der Waals surface area contributed by atoms with Crippen molar-refractivity contribution < 1.29 is 0 Å². The molecule has 0 bridgehead atoms. The van der Waals surface area contributed by atoms with Crippen LogP contribution in [0, 0.1) is 6.92 Å². The lowest BCUT2D eigenvalue weighted by molar-refractivity contribution is 1.11. The smallest absolute Gasteiger partial charge is 0.145 e. The van der Waals surface area contributed by atoms with E-state index in [2.05, 4.69) is 248 Å². The third-order valence-electron chi connectivity index (χ3n) is 13.4. The molecule has 0 unspecified atom stereocenters. The maximum absolute atomic E-state index is 5.29. The standard InChI is InChI=1S/C62H42N2S2/c1-41-20-19-34-55-60(41)64(62(63-55)42-21-5-2-6-22-42)56-38-37-51(46-27-11-12-28-47(46)56)59-49-30-13-15-32-52(49)61(53-33-16-14-31-50(53)59)66(43-23-7-3-8-24-43,44-25-9-4-10-26-44)45-36-39-58-54(40-45)48-29-17-18-35-57(48)65-58/h2-40H,1H3. The molecule has 0 spiro atoms. The topological polar surface area (TPSA) is 17.8 Å². The van der Waals surface area contributed by atoms with E-state index >= 15 is 0 Å². The summed E-state index contributed by atoms with van der Waals surface area (Å²) < 4.78 is 5.01. The Kier molecular flexibility index (Phi) is 9.06. The maximum Gasteiger partial charge on any atom is 0.145 e. The summed E-state index contributed by atoms with van der Waals surface area (Å²) in [5, 5.41) is 10.0. The van der Waals surface area contributed by atoms with Gasteiger partial charge in [0.1, 0.15) is 5.82 Å². The van der Waals surface area contributed by atoms with Crippen molar-refractivity contribution in [1.82, 2.24) is 9.55 Å². The SMILES string of the molecule is Cc1cccc2nc(-c3ccccc3)n(-c3ccc(-c4c5ccccc5c(S(c5ccccc5)(c5ccccc5)c5ccc6sc7ccccc7c6c5)c5ccccc45)c4ccccc34)c12. The molecule has 0 aliphatic heterocycles. The van der Waals surface area contributed by atoms with E-state index in [0.29, 0.717) is 0 Å². The highest BCUT2D eigenvalue weighted by Gasteiger charge is 2.37. The molecule has 0 fully saturated rings. The van der Waals surface area contributed by atoms with Crippen molar-refractivity contribution >= 4 is 84.9 Å². The number of aromatic nitrogens is 2. The molecule has 0 saturated carbocycles. The summed E-state index contributed by atoms with van der Waals surface area (Å²) in [4.78, 5) is 10.6. The number of hydrogen-bond acceptors (Lipinski definition) is 2. The minimum Gasteiger partial charge on any atom is -0.291 e. The molecule has 11 aromatic carbocycles. The highest BCUT2D eigenvalue weighted by atomic mass is 32.3. The van der Waals surface area contributed by atoms with Crippen LogP contribution in [-0.4, -0.2) is 9.55 Å². The first-order valence-corrected chi connectivity index (χ1v) is 25.0. The first kappa shape index (κ1) is 38.7. The Morgan fingerprint density at radius 3 is 1.62 bits per heavy atom. The van der Waals surface area contributed by atoms with E-state index in [-0.39, 0.29) is 0 Å². The van der Waals surface area contributed by atoms with Crippen molar-refractivity contribution in [2.45, 2.75) is 26.5 Å². The van der Waals surface area contributed by atoms with Crippen molar-refractivity contribution in [3.63, 3.8) is 0 Å². The normalized spacial score (nSPS) is 12.3. The van der Waals surface area contributed by atoms with E-state index in [1.54, 1.807) is 0 Å². The van der Waals surface area contributed by atoms with Crippen LogP contribution in [0.15, 0.2) is 256 Å². The number of nitrogens with zero attached hydrogens (tertiary/aromatic N) is 2. The predicted octanol–water partition coefficient (Wildman–Crippen LogP) is 17.8. The van der Waals surface area contributed by atoms with Gasteiger partial charge in [-0.05, 0) is 111 Å². The molecule has 0 aliphatic rings. The van der Waals surface area contributed by atoms with E-state index in [1.807, 2.05) is 11.3 Å². The lowest BCUT2D eigenvalue weighted by Gasteiger charge is -2.44. The summed E-state index contributed by atoms with van der Waals surface area (Å²) in [7, 11) is -2.14. The Morgan fingerprint density at radius 2 is 0.955 bits per heavy atom. The van der Waals surface area contributed by atoms with Crippen molar-refractivity contribution in [2.24, 2.45) is 0 Å². The predicted molar refractivity (Wildman–Crippen MR) is 282 cm³/mol.